The topological polar surface area (TPSA) is 109 Å². The molecule has 0 aliphatic carbocycles. The van der Waals surface area contributed by atoms with Crippen LogP contribution in [0.5, 0.6) is 0 Å². The van der Waals surface area contributed by atoms with Crippen LogP contribution in [-0.2, 0) is 11.3 Å². The van der Waals surface area contributed by atoms with Crippen molar-refractivity contribution in [3.8, 4) is 0 Å². The van der Waals surface area contributed by atoms with Gasteiger partial charge in [0.25, 0.3) is 5.69 Å². The van der Waals surface area contributed by atoms with E-state index in [4.69, 9.17) is 9.84 Å². The maximum atomic E-state index is 10.8. The van der Waals surface area contributed by atoms with E-state index in [0.29, 0.717) is 38.2 Å². The van der Waals surface area contributed by atoms with Crippen LogP contribution < -0.4 is 10.6 Å². The summed E-state index contributed by atoms with van der Waals surface area (Å²) in [5.41, 5.74) is 0.980. The van der Waals surface area contributed by atoms with Gasteiger partial charge in [0.05, 0.1) is 31.3 Å². The minimum absolute atomic E-state index is 0.00888. The van der Waals surface area contributed by atoms with E-state index in [1.807, 2.05) is 0 Å². The largest absolute Gasteiger partial charge is 0.394 e. The molecular formula is C20H34N4O4. The van der Waals surface area contributed by atoms with Gasteiger partial charge >= 0.3 is 0 Å². The number of nitro benzene ring substituents is 1. The number of benzene rings is 1. The van der Waals surface area contributed by atoms with E-state index in [-0.39, 0.29) is 12.3 Å². The third-order valence-corrected chi connectivity index (χ3v) is 4.44. The molecule has 0 spiro atoms. The van der Waals surface area contributed by atoms with Gasteiger partial charge < -0.3 is 20.5 Å². The maximum Gasteiger partial charge on any atom is 0.269 e. The van der Waals surface area contributed by atoms with E-state index in [0.717, 1.165) is 18.5 Å². The molecule has 1 aromatic carbocycles. The number of hydrogen-bond donors (Lipinski definition) is 3. The first-order valence-electron chi connectivity index (χ1n) is 10.0. The molecule has 0 aliphatic heterocycles. The second-order valence-corrected chi connectivity index (χ2v) is 6.65. The monoisotopic (exact) mass is 394 g/mol. The Kier molecular flexibility index (Phi) is 12.6. The van der Waals surface area contributed by atoms with E-state index < -0.39 is 4.92 Å². The Morgan fingerprint density at radius 2 is 2.00 bits per heavy atom. The first-order valence-corrected chi connectivity index (χ1v) is 10.0. The SMILES string of the molecule is CCCCC(CC)CNC(=NCc1ccc([N+](=O)[O-])cc1)NCCOCCO. The Balaban J connectivity index is 2.63. The Morgan fingerprint density at radius 3 is 2.61 bits per heavy atom. The van der Waals surface area contributed by atoms with Gasteiger partial charge in [0.2, 0.25) is 0 Å². The molecule has 0 aromatic heterocycles. The van der Waals surface area contributed by atoms with Gasteiger partial charge in [-0.05, 0) is 17.9 Å². The minimum Gasteiger partial charge on any atom is -0.394 e. The molecule has 8 nitrogen and oxygen atoms in total. The zero-order valence-corrected chi connectivity index (χ0v) is 17.0. The second kappa shape index (κ2) is 14.8. The number of nitro groups is 1. The molecule has 0 fully saturated rings. The number of guanidine groups is 1. The Labute approximate surface area is 167 Å². The fraction of sp³-hybridized carbons (Fsp3) is 0.650. The molecule has 0 bridgehead atoms. The van der Waals surface area contributed by atoms with Crippen molar-refractivity contribution in [1.82, 2.24) is 10.6 Å². The lowest BCUT2D eigenvalue weighted by Crippen LogP contribution is -2.41. The summed E-state index contributed by atoms with van der Waals surface area (Å²) >= 11 is 0. The average Bonchev–Trinajstić information content (AvgIpc) is 2.71. The van der Waals surface area contributed by atoms with Crippen LogP contribution in [0.2, 0.25) is 0 Å². The highest BCUT2D eigenvalue weighted by Crippen LogP contribution is 2.13. The van der Waals surface area contributed by atoms with Crippen LogP contribution in [0.15, 0.2) is 29.3 Å². The van der Waals surface area contributed by atoms with Crippen molar-refractivity contribution in [1.29, 1.82) is 0 Å². The summed E-state index contributed by atoms with van der Waals surface area (Å²) in [6.45, 7) is 7.06. The van der Waals surface area contributed by atoms with Gasteiger partial charge in [-0.3, -0.25) is 10.1 Å². The normalized spacial score (nSPS) is 12.6. The number of nitrogens with one attached hydrogen (secondary N) is 2. The molecule has 0 heterocycles. The van der Waals surface area contributed by atoms with Gasteiger partial charge in [0.15, 0.2) is 5.96 Å². The number of rotatable bonds is 14. The molecule has 1 unspecified atom stereocenters. The van der Waals surface area contributed by atoms with Crippen LogP contribution in [0.25, 0.3) is 0 Å². The molecule has 0 saturated carbocycles. The number of unbranched alkanes of at least 4 members (excludes halogenated alkanes) is 1. The van der Waals surface area contributed by atoms with Crippen molar-refractivity contribution >= 4 is 11.6 Å². The maximum absolute atomic E-state index is 10.8. The number of ether oxygens (including phenoxy) is 1. The second-order valence-electron chi connectivity index (χ2n) is 6.65. The Hall–Kier alpha value is -2.19. The summed E-state index contributed by atoms with van der Waals surface area (Å²) in [6, 6.07) is 6.43. The molecule has 28 heavy (non-hydrogen) atoms. The van der Waals surface area contributed by atoms with Gasteiger partial charge in [0, 0.05) is 25.2 Å². The van der Waals surface area contributed by atoms with Gasteiger partial charge in [-0.15, -0.1) is 0 Å². The zero-order valence-electron chi connectivity index (χ0n) is 17.0. The van der Waals surface area contributed by atoms with Gasteiger partial charge in [-0.2, -0.15) is 0 Å². The summed E-state index contributed by atoms with van der Waals surface area (Å²) in [5.74, 6) is 1.29. The molecule has 1 aromatic rings. The van der Waals surface area contributed by atoms with Crippen molar-refractivity contribution < 1.29 is 14.8 Å². The number of aliphatic imine (C=N–C) groups is 1. The van der Waals surface area contributed by atoms with Crippen LogP contribution in [0.3, 0.4) is 0 Å². The van der Waals surface area contributed by atoms with Gasteiger partial charge in [-0.1, -0.05) is 45.2 Å². The highest BCUT2D eigenvalue weighted by molar-refractivity contribution is 5.79. The molecule has 8 heteroatoms. The summed E-state index contributed by atoms with van der Waals surface area (Å²) in [4.78, 5) is 14.9. The predicted molar refractivity (Wildman–Crippen MR) is 111 cm³/mol. The number of non-ortho nitro benzene ring substituents is 1. The predicted octanol–water partition coefficient (Wildman–Crippen LogP) is 2.86. The minimum atomic E-state index is -0.408. The fourth-order valence-corrected chi connectivity index (χ4v) is 2.66. The van der Waals surface area contributed by atoms with E-state index in [1.165, 1.54) is 31.4 Å². The molecule has 1 rings (SSSR count). The lowest BCUT2D eigenvalue weighted by molar-refractivity contribution is -0.384. The third kappa shape index (κ3) is 10.2. The molecule has 0 amide bonds. The first-order chi connectivity index (χ1) is 13.6. The smallest absolute Gasteiger partial charge is 0.269 e. The van der Waals surface area contributed by atoms with Crippen molar-refractivity contribution in [2.45, 2.75) is 46.1 Å². The summed E-state index contributed by atoms with van der Waals surface area (Å²) in [5, 5.41) is 26.1. The molecule has 158 valence electrons. The van der Waals surface area contributed by atoms with E-state index in [1.54, 1.807) is 12.1 Å². The zero-order chi connectivity index (χ0) is 20.6. The summed E-state index contributed by atoms with van der Waals surface area (Å²) in [7, 11) is 0. The molecule has 0 radical (unpaired) electrons. The van der Waals surface area contributed by atoms with Crippen molar-refractivity contribution in [2.24, 2.45) is 10.9 Å². The van der Waals surface area contributed by atoms with Gasteiger partial charge in [0.1, 0.15) is 0 Å². The quantitative estimate of drug-likeness (QED) is 0.147. The number of aliphatic hydroxyl groups excluding tert-OH is 1. The van der Waals surface area contributed by atoms with Crippen LogP contribution in [0.4, 0.5) is 5.69 Å². The highest BCUT2D eigenvalue weighted by Gasteiger charge is 2.08. The van der Waals surface area contributed by atoms with Crippen LogP contribution in [0, 0.1) is 16.0 Å². The summed E-state index contributed by atoms with van der Waals surface area (Å²) < 4.78 is 5.27. The van der Waals surface area contributed by atoms with E-state index in [2.05, 4.69) is 29.5 Å². The highest BCUT2D eigenvalue weighted by atomic mass is 16.6. The standard InChI is InChI=1S/C20H34N4O4/c1-3-5-6-17(4-2)15-22-20(21-11-13-28-14-12-25)23-16-18-7-9-19(10-8-18)24(26)27/h7-10,17,25H,3-6,11-16H2,1-2H3,(H2,21,22,23). The molecular weight excluding hydrogens is 360 g/mol. The van der Waals surface area contributed by atoms with E-state index in [9.17, 15) is 10.1 Å². The van der Waals surface area contributed by atoms with Crippen molar-refractivity contribution in [2.75, 3.05) is 32.9 Å². The lowest BCUT2D eigenvalue weighted by Gasteiger charge is -2.18. The van der Waals surface area contributed by atoms with Crippen LogP contribution >= 0.6 is 0 Å². The third-order valence-electron chi connectivity index (χ3n) is 4.44. The number of nitrogens with zero attached hydrogens (tertiary/aromatic N) is 2. The first kappa shape index (κ1) is 23.8. The Morgan fingerprint density at radius 1 is 1.25 bits per heavy atom. The number of hydrogen-bond acceptors (Lipinski definition) is 5. The van der Waals surface area contributed by atoms with Crippen LogP contribution in [0.1, 0.15) is 45.1 Å². The molecule has 3 N–H and O–H groups in total. The van der Waals surface area contributed by atoms with Crippen molar-refractivity contribution in [3.05, 3.63) is 39.9 Å². The molecule has 1 atom stereocenters. The summed E-state index contributed by atoms with van der Waals surface area (Å²) in [6.07, 6.45) is 4.72. The van der Waals surface area contributed by atoms with Crippen molar-refractivity contribution in [3.63, 3.8) is 0 Å². The molecule has 0 aliphatic rings. The average molecular weight is 395 g/mol. The molecule has 0 saturated heterocycles. The van der Waals surface area contributed by atoms with E-state index >= 15 is 0 Å². The fourth-order valence-electron chi connectivity index (χ4n) is 2.66. The van der Waals surface area contributed by atoms with Gasteiger partial charge in [-0.25, -0.2) is 4.99 Å². The number of aliphatic hydroxyl groups is 1. The Bertz CT molecular complexity index is 578. The lowest BCUT2D eigenvalue weighted by atomic mass is 9.99. The van der Waals surface area contributed by atoms with Crippen LogP contribution in [-0.4, -0.2) is 48.9 Å².